The maximum absolute atomic E-state index is 11.8. The molecule has 1 aromatic rings. The molecule has 1 amide bonds. The van der Waals surface area contributed by atoms with Crippen LogP contribution in [0, 0.1) is 0 Å². The van der Waals surface area contributed by atoms with Crippen LogP contribution in [0.1, 0.15) is 5.82 Å². The number of rotatable bonds is 3. The average molecular weight is 243 g/mol. The fourth-order valence-corrected chi connectivity index (χ4v) is 2.54. The van der Waals surface area contributed by atoms with Crippen LogP contribution < -0.4 is 0 Å². The fourth-order valence-electron chi connectivity index (χ4n) is 1.28. The van der Waals surface area contributed by atoms with E-state index in [1.165, 1.54) is 12.4 Å². The molecule has 8 heteroatoms. The number of nitrogens with zero attached hydrogens (tertiary/aromatic N) is 3. The molecule has 2 heterocycles. The predicted octanol–water partition coefficient (Wildman–Crippen LogP) is -0.241. The second-order valence-corrected chi connectivity index (χ2v) is 5.00. The molecule has 0 unspecified atom stereocenters. The lowest BCUT2D eigenvalue weighted by molar-refractivity contribution is 0.170. The van der Waals surface area contributed by atoms with Crippen molar-refractivity contribution in [1.29, 1.82) is 0 Å². The zero-order valence-corrected chi connectivity index (χ0v) is 9.05. The average Bonchev–Trinajstić information content (AvgIpc) is 2.66. The van der Waals surface area contributed by atoms with Gasteiger partial charge in [-0.05, 0) is 6.07 Å². The minimum Gasteiger partial charge on any atom is -0.447 e. The Morgan fingerprint density at radius 1 is 1.38 bits per heavy atom. The topological polar surface area (TPSA) is 89.5 Å². The first-order chi connectivity index (χ1) is 7.59. The van der Waals surface area contributed by atoms with Crippen LogP contribution in [-0.2, 0) is 20.5 Å². The second-order valence-electron chi connectivity index (χ2n) is 3.11. The van der Waals surface area contributed by atoms with E-state index in [1.807, 2.05) is 0 Å². The van der Waals surface area contributed by atoms with Gasteiger partial charge in [0.2, 0.25) is 10.0 Å². The monoisotopic (exact) mass is 243 g/mol. The summed E-state index contributed by atoms with van der Waals surface area (Å²) in [6, 6.07) is 1.58. The highest BCUT2D eigenvalue weighted by atomic mass is 32.2. The summed E-state index contributed by atoms with van der Waals surface area (Å²) in [5.41, 5.74) is 0. The van der Waals surface area contributed by atoms with Gasteiger partial charge in [0, 0.05) is 12.4 Å². The molecule has 0 aromatic carbocycles. The molecule has 7 nitrogen and oxygen atoms in total. The van der Waals surface area contributed by atoms with E-state index in [-0.39, 0.29) is 19.0 Å². The lowest BCUT2D eigenvalue weighted by Gasteiger charge is -2.12. The molecule has 0 atom stereocenters. The van der Waals surface area contributed by atoms with Gasteiger partial charge in [0.1, 0.15) is 18.2 Å². The number of hydrogen-bond acceptors (Lipinski definition) is 6. The van der Waals surface area contributed by atoms with Crippen LogP contribution in [-0.4, -0.2) is 41.9 Å². The molecule has 0 bridgehead atoms. The number of ether oxygens (including phenoxy) is 1. The molecule has 0 radical (unpaired) electrons. The highest BCUT2D eigenvalue weighted by Gasteiger charge is 2.33. The van der Waals surface area contributed by atoms with Crippen LogP contribution in [0.15, 0.2) is 18.5 Å². The highest BCUT2D eigenvalue weighted by molar-refractivity contribution is 7.88. The molecule has 0 aliphatic carbocycles. The van der Waals surface area contributed by atoms with Crippen molar-refractivity contribution in [3.63, 3.8) is 0 Å². The Balaban J connectivity index is 2.18. The Labute approximate surface area is 92.1 Å². The SMILES string of the molecule is O=C1OCCN1S(=O)(=O)Cc1ncccn1. The van der Waals surface area contributed by atoms with Crippen LogP contribution in [0.25, 0.3) is 0 Å². The minimum atomic E-state index is -3.73. The standard InChI is InChI=1S/C8H9N3O4S/c12-8-11(4-5-15-8)16(13,14)6-7-9-2-1-3-10-7/h1-3H,4-6H2. The van der Waals surface area contributed by atoms with Gasteiger partial charge in [0.15, 0.2) is 0 Å². The molecule has 1 aromatic heterocycles. The zero-order chi connectivity index (χ0) is 11.6. The van der Waals surface area contributed by atoms with Crippen LogP contribution in [0.5, 0.6) is 0 Å². The van der Waals surface area contributed by atoms with E-state index in [4.69, 9.17) is 0 Å². The number of sulfonamides is 1. The van der Waals surface area contributed by atoms with Crippen molar-refractivity contribution in [2.45, 2.75) is 5.75 Å². The zero-order valence-electron chi connectivity index (χ0n) is 8.24. The Hall–Kier alpha value is -1.70. The molecule has 16 heavy (non-hydrogen) atoms. The quantitative estimate of drug-likeness (QED) is 0.727. The van der Waals surface area contributed by atoms with Crippen molar-refractivity contribution in [2.75, 3.05) is 13.2 Å². The van der Waals surface area contributed by atoms with E-state index in [9.17, 15) is 13.2 Å². The van der Waals surface area contributed by atoms with Crippen molar-refractivity contribution >= 4 is 16.1 Å². The summed E-state index contributed by atoms with van der Waals surface area (Å²) in [7, 11) is -3.73. The van der Waals surface area contributed by atoms with Crippen LogP contribution >= 0.6 is 0 Å². The van der Waals surface area contributed by atoms with Gasteiger partial charge >= 0.3 is 6.09 Å². The number of cyclic esters (lactones) is 1. The molecule has 1 aliphatic heterocycles. The van der Waals surface area contributed by atoms with E-state index in [2.05, 4.69) is 14.7 Å². The third-order valence-corrected chi connectivity index (χ3v) is 3.62. The molecule has 1 saturated heterocycles. The third kappa shape index (κ3) is 2.11. The summed E-state index contributed by atoms with van der Waals surface area (Å²) in [6.07, 6.45) is 2.05. The number of carbonyl (C=O) groups excluding carboxylic acids is 1. The van der Waals surface area contributed by atoms with Crippen molar-refractivity contribution in [3.8, 4) is 0 Å². The Morgan fingerprint density at radius 2 is 2.06 bits per heavy atom. The normalized spacial score (nSPS) is 16.2. The number of amides is 1. The lowest BCUT2D eigenvalue weighted by atomic mass is 10.6. The summed E-state index contributed by atoms with van der Waals surface area (Å²) in [5, 5.41) is 0. The summed E-state index contributed by atoms with van der Waals surface area (Å²) >= 11 is 0. The molecule has 0 saturated carbocycles. The molecule has 2 rings (SSSR count). The molecule has 86 valence electrons. The number of aromatic nitrogens is 2. The van der Waals surface area contributed by atoms with Crippen LogP contribution in [0.4, 0.5) is 4.79 Å². The fraction of sp³-hybridized carbons (Fsp3) is 0.375. The number of hydrogen-bond donors (Lipinski definition) is 0. The first kappa shape index (κ1) is 10.8. The first-order valence-corrected chi connectivity index (χ1v) is 6.13. The molecule has 0 spiro atoms. The summed E-state index contributed by atoms with van der Waals surface area (Å²) < 4.78 is 28.8. The summed E-state index contributed by atoms with van der Waals surface area (Å²) in [4.78, 5) is 18.7. The largest absolute Gasteiger partial charge is 0.447 e. The third-order valence-electron chi connectivity index (χ3n) is 1.99. The Morgan fingerprint density at radius 3 is 2.62 bits per heavy atom. The molecule has 1 aliphatic rings. The van der Waals surface area contributed by atoms with Crippen LogP contribution in [0.2, 0.25) is 0 Å². The van der Waals surface area contributed by atoms with Crippen molar-refractivity contribution in [1.82, 2.24) is 14.3 Å². The highest BCUT2D eigenvalue weighted by Crippen LogP contribution is 2.13. The maximum Gasteiger partial charge on any atom is 0.423 e. The molecule has 0 N–H and O–H groups in total. The van der Waals surface area contributed by atoms with E-state index >= 15 is 0 Å². The van der Waals surface area contributed by atoms with Gasteiger partial charge in [0.25, 0.3) is 0 Å². The van der Waals surface area contributed by atoms with E-state index < -0.39 is 21.9 Å². The smallest absolute Gasteiger partial charge is 0.423 e. The molecular formula is C8H9N3O4S. The molecular weight excluding hydrogens is 234 g/mol. The van der Waals surface area contributed by atoms with Gasteiger partial charge in [-0.1, -0.05) is 0 Å². The summed E-state index contributed by atoms with van der Waals surface area (Å²) in [5.74, 6) is -0.245. The van der Waals surface area contributed by atoms with Gasteiger partial charge in [-0.15, -0.1) is 0 Å². The summed E-state index contributed by atoms with van der Waals surface area (Å²) in [6.45, 7) is 0.141. The maximum atomic E-state index is 11.8. The minimum absolute atomic E-state index is 0.0496. The van der Waals surface area contributed by atoms with E-state index in [0.717, 1.165) is 0 Å². The first-order valence-electron chi connectivity index (χ1n) is 4.53. The van der Waals surface area contributed by atoms with Crippen LogP contribution in [0.3, 0.4) is 0 Å². The predicted molar refractivity (Wildman–Crippen MR) is 52.7 cm³/mol. The van der Waals surface area contributed by atoms with Gasteiger partial charge in [-0.3, -0.25) is 0 Å². The molecule has 1 fully saturated rings. The van der Waals surface area contributed by atoms with Crippen molar-refractivity contribution in [2.24, 2.45) is 0 Å². The van der Waals surface area contributed by atoms with Gasteiger partial charge in [-0.2, -0.15) is 0 Å². The Kier molecular flexibility index (Phi) is 2.73. The number of carbonyl (C=O) groups is 1. The van der Waals surface area contributed by atoms with E-state index in [0.29, 0.717) is 4.31 Å². The second kappa shape index (κ2) is 4.05. The lowest BCUT2D eigenvalue weighted by Crippen LogP contribution is -2.33. The van der Waals surface area contributed by atoms with Crippen molar-refractivity contribution < 1.29 is 17.9 Å². The van der Waals surface area contributed by atoms with E-state index in [1.54, 1.807) is 6.07 Å². The van der Waals surface area contributed by atoms with Gasteiger partial charge in [0.05, 0.1) is 6.54 Å². The Bertz CT molecular complexity index is 487. The van der Waals surface area contributed by atoms with Crippen molar-refractivity contribution in [3.05, 3.63) is 24.3 Å². The van der Waals surface area contributed by atoms with Gasteiger partial charge < -0.3 is 4.74 Å². The van der Waals surface area contributed by atoms with Gasteiger partial charge in [-0.25, -0.2) is 27.5 Å².